The molecule has 3 aromatic heterocycles. The molecule has 0 radical (unpaired) electrons. The van der Waals surface area contributed by atoms with E-state index >= 15 is 0 Å². The SMILES string of the molecule is CC1=C(C)SC(=C2SC=C(c3cnnn3Cc3cccc(Cn4nncc4C4=CSC(=C5SC(C)=C(C)S5)S4)n3)S2)S1. The third-order valence-electron chi connectivity index (χ3n) is 6.49. The second-order valence-electron chi connectivity index (χ2n) is 9.36. The Morgan fingerprint density at radius 2 is 1.00 bits per heavy atom. The highest BCUT2D eigenvalue weighted by Gasteiger charge is 2.27. The Morgan fingerprint density at radius 3 is 1.43 bits per heavy atom. The summed E-state index contributed by atoms with van der Waals surface area (Å²) in [5, 5.41) is 21.7. The number of thioether (sulfide) groups is 8. The molecule has 7 heterocycles. The summed E-state index contributed by atoms with van der Waals surface area (Å²) in [5.41, 5.74) is 3.88. The molecule has 0 saturated carbocycles. The fourth-order valence-corrected chi connectivity index (χ4v) is 14.4. The van der Waals surface area contributed by atoms with Crippen LogP contribution in [0.1, 0.15) is 50.5 Å². The molecule has 0 saturated heterocycles. The van der Waals surface area contributed by atoms with Crippen molar-refractivity contribution in [1.82, 2.24) is 35.0 Å². The van der Waals surface area contributed by atoms with E-state index in [1.807, 2.05) is 87.0 Å². The zero-order chi connectivity index (χ0) is 28.8. The van der Waals surface area contributed by atoms with Crippen LogP contribution in [-0.4, -0.2) is 35.0 Å². The highest BCUT2D eigenvalue weighted by atomic mass is 32.2. The molecular weight excluding hydrogens is 679 g/mol. The first-order valence-electron chi connectivity index (χ1n) is 12.8. The molecular formula is C27H23N7S8. The van der Waals surface area contributed by atoms with Gasteiger partial charge < -0.3 is 0 Å². The summed E-state index contributed by atoms with van der Waals surface area (Å²) in [4.78, 5) is 12.9. The van der Waals surface area contributed by atoms with Crippen molar-refractivity contribution in [3.63, 3.8) is 0 Å². The average Bonchev–Trinajstić information content (AvgIpc) is 3.80. The van der Waals surface area contributed by atoms with Gasteiger partial charge in [0.05, 0.1) is 65.2 Å². The minimum absolute atomic E-state index is 0.544. The maximum absolute atomic E-state index is 4.96. The van der Waals surface area contributed by atoms with Crippen LogP contribution in [0.2, 0.25) is 0 Å². The van der Waals surface area contributed by atoms with Gasteiger partial charge in [-0.1, -0.05) is 111 Å². The van der Waals surface area contributed by atoms with Gasteiger partial charge in [0, 0.05) is 9.81 Å². The van der Waals surface area contributed by atoms with Gasteiger partial charge in [-0.15, -0.1) is 10.2 Å². The zero-order valence-electron chi connectivity index (χ0n) is 22.9. The molecule has 0 spiro atoms. The van der Waals surface area contributed by atoms with E-state index in [2.05, 4.69) is 59.1 Å². The fourth-order valence-electron chi connectivity index (χ4n) is 4.11. The second kappa shape index (κ2) is 12.6. The Bertz CT molecular complexity index is 1630. The van der Waals surface area contributed by atoms with Crippen LogP contribution in [0.25, 0.3) is 9.81 Å². The molecule has 0 aliphatic carbocycles. The van der Waals surface area contributed by atoms with Crippen molar-refractivity contribution in [3.05, 3.63) is 101 Å². The van der Waals surface area contributed by atoms with Gasteiger partial charge in [-0.2, -0.15) is 0 Å². The van der Waals surface area contributed by atoms with Gasteiger partial charge in [0.15, 0.2) is 0 Å². The molecule has 7 rings (SSSR count). The van der Waals surface area contributed by atoms with Crippen LogP contribution in [-0.2, 0) is 13.1 Å². The van der Waals surface area contributed by atoms with Gasteiger partial charge in [0.1, 0.15) is 0 Å². The quantitative estimate of drug-likeness (QED) is 0.245. The summed E-state index contributed by atoms with van der Waals surface area (Å²) in [6, 6.07) is 6.13. The lowest BCUT2D eigenvalue weighted by Crippen LogP contribution is -2.10. The van der Waals surface area contributed by atoms with Gasteiger partial charge in [-0.25, -0.2) is 9.36 Å². The van der Waals surface area contributed by atoms with E-state index < -0.39 is 0 Å². The molecule has 4 aliphatic heterocycles. The monoisotopic (exact) mass is 701 g/mol. The number of hydrogen-bond acceptors (Lipinski definition) is 13. The van der Waals surface area contributed by atoms with Crippen LogP contribution >= 0.6 is 94.1 Å². The second-order valence-corrected chi connectivity index (χ2v) is 19.2. The maximum atomic E-state index is 4.96. The topological polar surface area (TPSA) is 74.3 Å². The Balaban J connectivity index is 1.03. The Morgan fingerprint density at radius 1 is 0.571 bits per heavy atom. The Hall–Kier alpha value is -1.33. The van der Waals surface area contributed by atoms with E-state index in [1.54, 1.807) is 47.0 Å². The summed E-state index contributed by atoms with van der Waals surface area (Å²) in [7, 11) is 0. The van der Waals surface area contributed by atoms with Crippen molar-refractivity contribution in [3.8, 4) is 0 Å². The number of nitrogens with zero attached hydrogens (tertiary/aromatic N) is 7. The third kappa shape index (κ3) is 6.12. The Kier molecular flexibility index (Phi) is 8.80. The smallest absolute Gasteiger partial charge is 0.0962 e. The molecule has 0 N–H and O–H groups in total. The Labute approximate surface area is 278 Å². The molecule has 4 aliphatic rings. The average molecular weight is 702 g/mol. The van der Waals surface area contributed by atoms with Crippen LogP contribution in [0.5, 0.6) is 0 Å². The predicted octanol–water partition coefficient (Wildman–Crippen LogP) is 9.63. The van der Waals surface area contributed by atoms with Gasteiger partial charge in [0.2, 0.25) is 0 Å². The first-order chi connectivity index (χ1) is 20.4. The van der Waals surface area contributed by atoms with Crippen LogP contribution in [0.15, 0.2) is 78.0 Å². The highest BCUT2D eigenvalue weighted by Crippen LogP contribution is 2.60. The van der Waals surface area contributed by atoms with Gasteiger partial charge in [-0.05, 0) is 70.3 Å². The van der Waals surface area contributed by atoms with E-state index in [1.165, 1.54) is 46.4 Å². The van der Waals surface area contributed by atoms with Crippen molar-refractivity contribution in [2.45, 2.75) is 40.8 Å². The highest BCUT2D eigenvalue weighted by molar-refractivity contribution is 8.36. The number of rotatable bonds is 6. The minimum atomic E-state index is 0.544. The number of aromatic nitrogens is 7. The standard InChI is InChI=1S/C27H23N7S8/c1-14-15(2)38-26(37-14)24-35-12-22(41-24)20-8-28-31-33(20)10-18-6-5-7-19(30-18)11-34-21(9-29-32-34)23-13-36-25(42-23)27-39-16(3)17(4)40-27/h5-9,12-13H,10-11H2,1-4H3. The molecule has 0 aromatic carbocycles. The van der Waals surface area contributed by atoms with Crippen LogP contribution in [0.3, 0.4) is 0 Å². The summed E-state index contributed by atoms with van der Waals surface area (Å²) >= 11 is 14.7. The van der Waals surface area contributed by atoms with Gasteiger partial charge >= 0.3 is 0 Å². The van der Waals surface area contributed by atoms with Crippen LogP contribution < -0.4 is 0 Å². The van der Waals surface area contributed by atoms with Crippen molar-refractivity contribution < 1.29 is 0 Å². The van der Waals surface area contributed by atoms with E-state index in [4.69, 9.17) is 4.98 Å². The number of pyridine rings is 1. The molecule has 42 heavy (non-hydrogen) atoms. The lowest BCUT2D eigenvalue weighted by molar-refractivity contribution is 0.613. The number of hydrogen-bond donors (Lipinski definition) is 0. The largest absolute Gasteiger partial charge is 0.254 e. The van der Waals surface area contributed by atoms with Crippen molar-refractivity contribution in [1.29, 1.82) is 0 Å². The minimum Gasteiger partial charge on any atom is -0.254 e. The lowest BCUT2D eigenvalue weighted by atomic mass is 10.3. The van der Waals surface area contributed by atoms with Crippen molar-refractivity contribution in [2.75, 3.05) is 0 Å². The van der Waals surface area contributed by atoms with Crippen LogP contribution in [0, 0.1) is 0 Å². The molecule has 0 unspecified atom stereocenters. The first kappa shape index (κ1) is 29.4. The molecule has 0 atom stereocenters. The predicted molar refractivity (Wildman–Crippen MR) is 190 cm³/mol. The first-order valence-corrected chi connectivity index (χ1v) is 19.4. The molecule has 0 bridgehead atoms. The summed E-state index contributed by atoms with van der Waals surface area (Å²) in [6.45, 7) is 9.85. The summed E-state index contributed by atoms with van der Waals surface area (Å²) in [6.07, 6.45) is 3.69. The molecule has 3 aromatic rings. The summed E-state index contributed by atoms with van der Waals surface area (Å²) in [5.74, 6) is 0. The van der Waals surface area contributed by atoms with Crippen LogP contribution in [0.4, 0.5) is 0 Å². The number of allylic oxidation sites excluding steroid dienone is 4. The van der Waals surface area contributed by atoms with Crippen molar-refractivity contribution >= 4 is 104 Å². The van der Waals surface area contributed by atoms with Crippen molar-refractivity contribution in [2.24, 2.45) is 0 Å². The van der Waals surface area contributed by atoms with E-state index in [0.29, 0.717) is 13.1 Å². The third-order valence-corrected chi connectivity index (χ3v) is 17.6. The van der Waals surface area contributed by atoms with E-state index in [9.17, 15) is 0 Å². The lowest BCUT2D eigenvalue weighted by Gasteiger charge is -2.09. The molecule has 0 fully saturated rings. The normalized spacial score (nSPS) is 19.2. The van der Waals surface area contributed by atoms with Gasteiger partial charge in [0.25, 0.3) is 0 Å². The zero-order valence-corrected chi connectivity index (χ0v) is 29.4. The molecule has 214 valence electrons. The molecule has 15 heteroatoms. The fraction of sp³-hybridized carbons (Fsp3) is 0.222. The maximum Gasteiger partial charge on any atom is 0.0962 e. The summed E-state index contributed by atoms with van der Waals surface area (Å²) < 4.78 is 9.26. The molecule has 0 amide bonds. The van der Waals surface area contributed by atoms with E-state index in [-0.39, 0.29) is 0 Å². The molecule has 7 nitrogen and oxygen atoms in total. The van der Waals surface area contributed by atoms with Gasteiger partial charge in [-0.3, -0.25) is 4.98 Å². The van der Waals surface area contributed by atoms with E-state index in [0.717, 1.165) is 22.8 Å².